The lowest BCUT2D eigenvalue weighted by Crippen LogP contribution is -2.32. The van der Waals surface area contributed by atoms with Crippen LogP contribution in [-0.4, -0.2) is 47.1 Å². The Labute approximate surface area is 274 Å². The number of aromatic nitrogens is 1. The van der Waals surface area contributed by atoms with Crippen molar-refractivity contribution < 1.29 is 28.7 Å². The van der Waals surface area contributed by atoms with Gasteiger partial charge in [0, 0.05) is 16.5 Å². The number of anilines is 2. The van der Waals surface area contributed by atoms with Gasteiger partial charge in [-0.1, -0.05) is 58.4 Å². The molecule has 0 saturated carbocycles. The second kappa shape index (κ2) is 12.7. The first-order chi connectivity index (χ1) is 21.6. The van der Waals surface area contributed by atoms with E-state index in [1.807, 2.05) is 0 Å². The molecule has 4 aromatic rings. The van der Waals surface area contributed by atoms with Gasteiger partial charge in [0.15, 0.2) is 6.61 Å². The van der Waals surface area contributed by atoms with Crippen molar-refractivity contribution in [1.82, 2.24) is 4.98 Å². The standard InChI is InChI=1S/C31H23Cl2N3O7S2/c1-2-42-30(40)15-6-9-18(10-7-15)36-28(38)24-23(25-27(35-31(41)45-25)44-26(24)29(36)39)16-4-3-5-19(12-16)43-14-22(37)34-17-8-11-20(32)21(33)13-17/h3-13,23-24,26H,2,14H2,1H3,(H,34,37)(H,35,41)/t23-,24-,26+/m0/s1. The Balaban J connectivity index is 1.26. The van der Waals surface area contributed by atoms with Crippen molar-refractivity contribution in [3.05, 3.63) is 102 Å². The number of H-pyrrole nitrogens is 1. The summed E-state index contributed by atoms with van der Waals surface area (Å²) in [5.41, 5.74) is 1.72. The monoisotopic (exact) mass is 683 g/mol. The Morgan fingerprint density at radius 3 is 2.49 bits per heavy atom. The van der Waals surface area contributed by atoms with Crippen molar-refractivity contribution in [3.63, 3.8) is 0 Å². The summed E-state index contributed by atoms with van der Waals surface area (Å²) < 4.78 is 10.8. The zero-order valence-corrected chi connectivity index (χ0v) is 26.5. The number of thioether (sulfide) groups is 1. The minimum atomic E-state index is -0.820. The van der Waals surface area contributed by atoms with Crippen molar-refractivity contribution in [1.29, 1.82) is 0 Å². The lowest BCUT2D eigenvalue weighted by molar-refractivity contribution is -0.122. The maximum Gasteiger partial charge on any atom is 0.338 e. The molecule has 0 radical (unpaired) electrons. The molecule has 0 bridgehead atoms. The molecule has 3 atom stereocenters. The largest absolute Gasteiger partial charge is 0.484 e. The molecule has 1 fully saturated rings. The lowest BCUT2D eigenvalue weighted by atomic mass is 9.83. The van der Waals surface area contributed by atoms with Gasteiger partial charge in [0.2, 0.25) is 11.8 Å². The highest BCUT2D eigenvalue weighted by Gasteiger charge is 2.56. The minimum absolute atomic E-state index is 0.218. The summed E-state index contributed by atoms with van der Waals surface area (Å²) in [5, 5.41) is 3.08. The van der Waals surface area contributed by atoms with Crippen molar-refractivity contribution >= 4 is 81.4 Å². The highest BCUT2D eigenvalue weighted by atomic mass is 35.5. The number of imide groups is 1. The van der Waals surface area contributed by atoms with Gasteiger partial charge in [-0.2, -0.15) is 0 Å². The van der Waals surface area contributed by atoms with Gasteiger partial charge in [-0.05, 0) is 67.1 Å². The number of ether oxygens (including phenoxy) is 2. The molecule has 6 rings (SSSR count). The molecule has 14 heteroatoms. The fraction of sp³-hybridized carbons (Fsp3) is 0.194. The highest BCUT2D eigenvalue weighted by Crippen LogP contribution is 2.53. The summed E-state index contributed by atoms with van der Waals surface area (Å²) in [4.78, 5) is 69.1. The Morgan fingerprint density at radius 2 is 1.76 bits per heavy atom. The molecule has 2 N–H and O–H groups in total. The van der Waals surface area contributed by atoms with Gasteiger partial charge in [-0.25, -0.2) is 9.69 Å². The van der Waals surface area contributed by atoms with Crippen LogP contribution in [0.2, 0.25) is 10.0 Å². The Morgan fingerprint density at radius 1 is 0.978 bits per heavy atom. The van der Waals surface area contributed by atoms with Crippen molar-refractivity contribution in [2.75, 3.05) is 23.4 Å². The summed E-state index contributed by atoms with van der Waals surface area (Å²) >= 11 is 14.1. The average molecular weight is 685 g/mol. The molecule has 3 aromatic carbocycles. The number of esters is 1. The summed E-state index contributed by atoms with van der Waals surface area (Å²) in [6.07, 6.45) is 0. The zero-order valence-electron chi connectivity index (χ0n) is 23.4. The van der Waals surface area contributed by atoms with Gasteiger partial charge < -0.3 is 19.8 Å². The van der Waals surface area contributed by atoms with Crippen LogP contribution < -0.4 is 19.8 Å². The number of carbonyl (C=O) groups excluding carboxylic acids is 4. The van der Waals surface area contributed by atoms with Crippen LogP contribution in [0.15, 0.2) is 76.6 Å². The second-order valence-electron chi connectivity index (χ2n) is 10.1. The van der Waals surface area contributed by atoms with E-state index in [0.717, 1.165) is 28.0 Å². The number of fused-ring (bicyclic) bond motifs is 2. The predicted molar refractivity (Wildman–Crippen MR) is 172 cm³/mol. The van der Waals surface area contributed by atoms with Crippen molar-refractivity contribution in [2.45, 2.75) is 23.1 Å². The van der Waals surface area contributed by atoms with Crippen molar-refractivity contribution in [2.24, 2.45) is 5.92 Å². The molecule has 0 aliphatic carbocycles. The molecule has 1 aromatic heterocycles. The highest BCUT2D eigenvalue weighted by molar-refractivity contribution is 8.00. The fourth-order valence-corrected chi connectivity index (χ4v) is 8.12. The van der Waals surface area contributed by atoms with Crippen LogP contribution in [0.5, 0.6) is 5.75 Å². The number of nitrogens with one attached hydrogen (secondary N) is 2. The molecule has 10 nitrogen and oxygen atoms in total. The smallest absolute Gasteiger partial charge is 0.338 e. The summed E-state index contributed by atoms with van der Waals surface area (Å²) in [6.45, 7) is 1.61. The van der Waals surface area contributed by atoms with E-state index >= 15 is 0 Å². The lowest BCUT2D eigenvalue weighted by Gasteiger charge is -2.30. The van der Waals surface area contributed by atoms with Crippen molar-refractivity contribution in [3.8, 4) is 5.75 Å². The second-order valence-corrected chi connectivity index (χ2v) is 13.0. The fourth-order valence-electron chi connectivity index (χ4n) is 5.31. The summed E-state index contributed by atoms with van der Waals surface area (Å²) in [6, 6.07) is 17.7. The SMILES string of the molecule is CCOC(=O)c1ccc(N2C(=O)[C@H]3[C@H](c4cccc(OCC(=O)Nc5ccc(Cl)c(Cl)c5)c4)c4sc(=O)[nH]c4S[C@H]3C2=O)cc1. The molecular weight excluding hydrogens is 661 g/mol. The third kappa shape index (κ3) is 6.10. The van der Waals surface area contributed by atoms with E-state index in [2.05, 4.69) is 10.3 Å². The van der Waals surface area contributed by atoms with E-state index in [4.69, 9.17) is 32.7 Å². The molecule has 3 heterocycles. The van der Waals surface area contributed by atoms with Gasteiger partial charge in [-0.15, -0.1) is 0 Å². The quantitative estimate of drug-likeness (QED) is 0.178. The van der Waals surface area contributed by atoms with E-state index in [9.17, 15) is 24.0 Å². The van der Waals surface area contributed by atoms with Gasteiger partial charge >= 0.3 is 10.8 Å². The zero-order chi connectivity index (χ0) is 31.8. The first-order valence-electron chi connectivity index (χ1n) is 13.7. The maximum absolute atomic E-state index is 14.0. The summed E-state index contributed by atoms with van der Waals surface area (Å²) in [5.74, 6) is -2.88. The normalized spacial score (nSPS) is 18.7. The molecule has 2 aliphatic heterocycles. The van der Waals surface area contributed by atoms with Crippen LogP contribution >= 0.6 is 46.3 Å². The van der Waals surface area contributed by atoms with E-state index < -0.39 is 40.8 Å². The molecule has 2 aliphatic rings. The number of carbonyl (C=O) groups is 4. The minimum Gasteiger partial charge on any atom is -0.484 e. The molecule has 1 saturated heterocycles. The topological polar surface area (TPSA) is 135 Å². The number of nitrogens with zero attached hydrogens (tertiary/aromatic N) is 1. The van der Waals surface area contributed by atoms with Crippen LogP contribution in [0, 0.1) is 5.92 Å². The predicted octanol–water partition coefficient (Wildman–Crippen LogP) is 5.73. The van der Waals surface area contributed by atoms with Crippen LogP contribution in [0.25, 0.3) is 0 Å². The van der Waals surface area contributed by atoms with E-state index in [1.54, 1.807) is 43.3 Å². The van der Waals surface area contributed by atoms with Gasteiger partial charge in [0.25, 0.3) is 5.91 Å². The number of thiazole rings is 1. The van der Waals surface area contributed by atoms with Crippen LogP contribution in [0.3, 0.4) is 0 Å². The molecule has 45 heavy (non-hydrogen) atoms. The third-order valence-corrected chi connectivity index (χ3v) is 10.4. The number of hydrogen-bond acceptors (Lipinski definition) is 9. The molecule has 230 valence electrons. The number of halogens is 2. The van der Waals surface area contributed by atoms with Crippen LogP contribution in [0.1, 0.15) is 33.6 Å². The Kier molecular flexibility index (Phi) is 8.74. The number of hydrogen-bond donors (Lipinski definition) is 2. The van der Waals surface area contributed by atoms with Gasteiger partial charge in [-0.3, -0.25) is 19.2 Å². The van der Waals surface area contributed by atoms with Crippen LogP contribution in [0.4, 0.5) is 11.4 Å². The van der Waals surface area contributed by atoms with Crippen LogP contribution in [-0.2, 0) is 19.1 Å². The molecular formula is C31H23Cl2N3O7S2. The number of amides is 3. The number of benzene rings is 3. The number of aromatic amines is 1. The average Bonchev–Trinajstić information content (AvgIpc) is 3.52. The molecule has 0 spiro atoms. The summed E-state index contributed by atoms with van der Waals surface area (Å²) in [7, 11) is 0. The first-order valence-corrected chi connectivity index (χ1v) is 16.1. The van der Waals surface area contributed by atoms with E-state index in [0.29, 0.717) is 48.2 Å². The Bertz CT molecular complexity index is 1890. The third-order valence-electron chi connectivity index (χ3n) is 7.25. The first kappa shape index (κ1) is 30.9. The number of rotatable bonds is 8. The van der Waals surface area contributed by atoms with E-state index in [1.165, 1.54) is 30.3 Å². The molecule has 3 amide bonds. The molecule has 0 unspecified atom stereocenters. The van der Waals surface area contributed by atoms with Gasteiger partial charge in [0.1, 0.15) is 11.0 Å². The van der Waals surface area contributed by atoms with E-state index in [-0.39, 0.29) is 18.1 Å². The van der Waals surface area contributed by atoms with Gasteiger partial charge in [0.05, 0.1) is 38.8 Å². The Hall–Kier alpha value is -4.10. The maximum atomic E-state index is 14.0.